The zero-order valence-electron chi connectivity index (χ0n) is 28.7. The maximum atomic E-state index is 4.50. The van der Waals surface area contributed by atoms with Crippen molar-refractivity contribution in [2.75, 3.05) is 4.90 Å². The van der Waals surface area contributed by atoms with E-state index in [1.165, 1.54) is 83.8 Å². The highest BCUT2D eigenvalue weighted by Gasteiger charge is 2.25. The van der Waals surface area contributed by atoms with Gasteiger partial charge in [0.1, 0.15) is 0 Å². The molecule has 4 aliphatic rings. The van der Waals surface area contributed by atoms with Crippen LogP contribution >= 0.6 is 0 Å². The fourth-order valence-corrected chi connectivity index (χ4v) is 8.69. The molecule has 3 heteroatoms. The summed E-state index contributed by atoms with van der Waals surface area (Å²) in [5.41, 5.74) is 17.8. The van der Waals surface area contributed by atoms with Crippen molar-refractivity contribution in [1.82, 2.24) is 9.13 Å². The Labute approximate surface area is 299 Å². The lowest BCUT2D eigenvalue weighted by Gasteiger charge is -2.29. The number of allylic oxidation sites excluding steroid dienone is 10. The van der Waals surface area contributed by atoms with Crippen LogP contribution in [0.4, 0.5) is 5.69 Å². The second kappa shape index (κ2) is 12.1. The van der Waals surface area contributed by atoms with Crippen LogP contribution in [0.3, 0.4) is 0 Å². The van der Waals surface area contributed by atoms with Crippen molar-refractivity contribution in [3.63, 3.8) is 0 Å². The second-order valence-electron chi connectivity index (χ2n) is 14.0. The van der Waals surface area contributed by atoms with Crippen LogP contribution < -0.4 is 4.90 Å². The first kappa shape index (κ1) is 29.8. The van der Waals surface area contributed by atoms with Gasteiger partial charge in [-0.15, -0.1) is 0 Å². The molecule has 6 aromatic rings. The zero-order chi connectivity index (χ0) is 33.9. The molecular formula is C48H39N3. The van der Waals surface area contributed by atoms with Crippen LogP contribution in [-0.4, -0.2) is 9.13 Å². The monoisotopic (exact) mass is 657 g/mol. The van der Waals surface area contributed by atoms with Crippen molar-refractivity contribution in [3.05, 3.63) is 186 Å². The van der Waals surface area contributed by atoms with Crippen molar-refractivity contribution in [2.45, 2.75) is 38.5 Å². The Kier molecular flexibility index (Phi) is 7.06. The Morgan fingerprint density at radius 1 is 0.588 bits per heavy atom. The zero-order valence-corrected chi connectivity index (χ0v) is 28.7. The van der Waals surface area contributed by atoms with Crippen molar-refractivity contribution in [2.24, 2.45) is 0 Å². The van der Waals surface area contributed by atoms with Crippen LogP contribution in [0.5, 0.6) is 0 Å². The molecular weight excluding hydrogens is 619 g/mol. The number of fused-ring (bicyclic) bond motifs is 7. The highest BCUT2D eigenvalue weighted by molar-refractivity contribution is 6.00. The minimum absolute atomic E-state index is 0.971. The predicted molar refractivity (Wildman–Crippen MR) is 216 cm³/mol. The van der Waals surface area contributed by atoms with Gasteiger partial charge in [-0.3, -0.25) is 0 Å². The third kappa shape index (κ3) is 4.87. The smallest absolute Gasteiger partial charge is 0.0558 e. The van der Waals surface area contributed by atoms with Gasteiger partial charge in [0.15, 0.2) is 0 Å². The molecule has 10 rings (SSSR count). The molecule has 0 amide bonds. The Morgan fingerprint density at radius 3 is 2.31 bits per heavy atom. The largest absolute Gasteiger partial charge is 0.320 e. The molecule has 246 valence electrons. The van der Waals surface area contributed by atoms with Crippen molar-refractivity contribution < 1.29 is 0 Å². The average Bonchev–Trinajstić information content (AvgIpc) is 3.70. The van der Waals surface area contributed by atoms with Crippen molar-refractivity contribution >= 4 is 50.8 Å². The molecule has 3 aliphatic carbocycles. The Morgan fingerprint density at radius 2 is 1.41 bits per heavy atom. The molecule has 0 fully saturated rings. The van der Waals surface area contributed by atoms with Crippen molar-refractivity contribution in [3.8, 4) is 11.4 Å². The molecule has 1 aliphatic heterocycles. The van der Waals surface area contributed by atoms with E-state index >= 15 is 0 Å². The van der Waals surface area contributed by atoms with Crippen LogP contribution in [0.15, 0.2) is 152 Å². The summed E-state index contributed by atoms with van der Waals surface area (Å²) in [5.74, 6) is 0. The first-order valence-electron chi connectivity index (χ1n) is 18.3. The molecule has 3 nitrogen and oxygen atoms in total. The number of hydrogen-bond donors (Lipinski definition) is 0. The molecule has 4 aromatic carbocycles. The molecule has 51 heavy (non-hydrogen) atoms. The van der Waals surface area contributed by atoms with Gasteiger partial charge < -0.3 is 14.0 Å². The minimum atomic E-state index is 0.971. The average molecular weight is 658 g/mol. The number of rotatable bonds is 4. The van der Waals surface area contributed by atoms with Gasteiger partial charge in [0.05, 0.1) is 16.7 Å². The van der Waals surface area contributed by atoms with Crippen LogP contribution in [-0.2, 0) is 12.8 Å². The second-order valence-corrected chi connectivity index (χ2v) is 14.0. The van der Waals surface area contributed by atoms with Gasteiger partial charge in [-0.25, -0.2) is 0 Å². The maximum Gasteiger partial charge on any atom is 0.0558 e. The molecule has 0 unspecified atom stereocenters. The highest BCUT2D eigenvalue weighted by atomic mass is 15.1. The third-order valence-corrected chi connectivity index (χ3v) is 11.1. The predicted octanol–water partition coefficient (Wildman–Crippen LogP) is 12.2. The van der Waals surface area contributed by atoms with E-state index in [9.17, 15) is 0 Å². The van der Waals surface area contributed by atoms with E-state index in [1.807, 2.05) is 0 Å². The van der Waals surface area contributed by atoms with E-state index in [4.69, 9.17) is 0 Å². The van der Waals surface area contributed by atoms with Crippen LogP contribution in [0.25, 0.3) is 56.5 Å². The maximum absolute atomic E-state index is 4.50. The molecule has 0 radical (unpaired) electrons. The lowest BCUT2D eigenvalue weighted by molar-refractivity contribution is 0.885. The standard InChI is InChI=1S/C48H39N3/c1-33-14-12-13-29-49(36-15-4-2-5-16-36)44-27-23-34(30-42(33)44)35-24-28-47-43(31-35)40-20-9-11-22-46(40)51(47)38-25-26-41-39-19-8-10-21-45(39)50(48(41)32-38)37-17-6-3-7-18-37/h2-4,6-9,11-15,17-20,22-23,25-27,29-32H,1,5,10,16,21,24,28H2/b14-12-,29-13-. The SMILES string of the molecule is C=C1/C=C\C=C/N(C2=CC=CCC2)c2ccc(C3=Cc4c(n(-c5ccc6c7c(n(-c8ccccc8)c6c5)CCC=C7)c5ccccc45)CC3)cc21. The summed E-state index contributed by atoms with van der Waals surface area (Å²) in [6.07, 6.45) is 28.5. The number of aromatic nitrogens is 2. The summed E-state index contributed by atoms with van der Waals surface area (Å²) < 4.78 is 5.02. The van der Waals surface area contributed by atoms with Gasteiger partial charge in [-0.1, -0.05) is 91.6 Å². The molecule has 3 heterocycles. The first-order valence-corrected chi connectivity index (χ1v) is 18.3. The van der Waals surface area contributed by atoms with E-state index in [-0.39, 0.29) is 0 Å². The Hall–Kier alpha value is -6.06. The quantitative estimate of drug-likeness (QED) is 0.184. The molecule has 0 saturated carbocycles. The summed E-state index contributed by atoms with van der Waals surface area (Å²) >= 11 is 0. The van der Waals surface area contributed by atoms with Gasteiger partial charge in [0.2, 0.25) is 0 Å². The van der Waals surface area contributed by atoms with Crippen LogP contribution in [0.2, 0.25) is 0 Å². The Bertz CT molecular complexity index is 2590. The molecule has 0 N–H and O–H groups in total. The minimum Gasteiger partial charge on any atom is -0.320 e. The third-order valence-electron chi connectivity index (χ3n) is 11.1. The van der Waals surface area contributed by atoms with E-state index in [1.54, 1.807) is 0 Å². The van der Waals surface area contributed by atoms with Crippen molar-refractivity contribution in [1.29, 1.82) is 0 Å². The number of hydrogen-bond acceptors (Lipinski definition) is 1. The van der Waals surface area contributed by atoms with E-state index < -0.39 is 0 Å². The summed E-state index contributed by atoms with van der Waals surface area (Å²) in [6, 6.07) is 33.9. The molecule has 0 bridgehead atoms. The lowest BCUT2D eigenvalue weighted by Crippen LogP contribution is -2.18. The topological polar surface area (TPSA) is 13.1 Å². The van der Waals surface area contributed by atoms with E-state index in [0.717, 1.165) is 44.1 Å². The van der Waals surface area contributed by atoms with Gasteiger partial charge in [-0.2, -0.15) is 0 Å². The summed E-state index contributed by atoms with van der Waals surface area (Å²) in [7, 11) is 0. The van der Waals surface area contributed by atoms with Gasteiger partial charge in [-0.05, 0) is 116 Å². The summed E-state index contributed by atoms with van der Waals surface area (Å²) in [4.78, 5) is 2.34. The normalized spacial score (nSPS) is 17.7. The molecule has 0 saturated heterocycles. The number of nitrogens with zero attached hydrogens (tertiary/aromatic N) is 3. The number of para-hydroxylation sites is 2. The Balaban J connectivity index is 1.11. The van der Waals surface area contributed by atoms with Gasteiger partial charge >= 0.3 is 0 Å². The number of benzene rings is 4. The summed E-state index contributed by atoms with van der Waals surface area (Å²) in [6.45, 7) is 4.50. The molecule has 0 spiro atoms. The first-order chi connectivity index (χ1) is 25.2. The molecule has 2 aromatic heterocycles. The molecule has 0 atom stereocenters. The highest BCUT2D eigenvalue weighted by Crippen LogP contribution is 2.42. The summed E-state index contributed by atoms with van der Waals surface area (Å²) in [5, 5.41) is 2.62. The fraction of sp³-hybridized carbons (Fsp3) is 0.125. The van der Waals surface area contributed by atoms with Crippen LogP contribution in [0, 0.1) is 0 Å². The fourth-order valence-electron chi connectivity index (χ4n) is 8.69. The van der Waals surface area contributed by atoms with E-state index in [0.29, 0.717) is 0 Å². The van der Waals surface area contributed by atoms with E-state index in [2.05, 4.69) is 172 Å². The van der Waals surface area contributed by atoms with Gasteiger partial charge in [0.25, 0.3) is 0 Å². The lowest BCUT2D eigenvalue weighted by atomic mass is 9.89. The number of anilines is 1. The van der Waals surface area contributed by atoms with Gasteiger partial charge in [0, 0.05) is 62.1 Å². The van der Waals surface area contributed by atoms with Crippen LogP contribution in [0.1, 0.15) is 59.3 Å².